The summed E-state index contributed by atoms with van der Waals surface area (Å²) in [4.78, 5) is 25.9. The van der Waals surface area contributed by atoms with Crippen molar-refractivity contribution in [1.29, 1.82) is 0 Å². The Hall–Kier alpha value is -3.68. The number of nitro groups is 1. The van der Waals surface area contributed by atoms with E-state index in [0.29, 0.717) is 29.4 Å². The van der Waals surface area contributed by atoms with Gasteiger partial charge in [0.15, 0.2) is 0 Å². The number of carbonyl (C=O) groups excluding carboxylic acids is 1. The van der Waals surface area contributed by atoms with Crippen LogP contribution in [0.4, 0.5) is 11.4 Å². The van der Waals surface area contributed by atoms with Crippen LogP contribution in [0.3, 0.4) is 0 Å². The minimum atomic E-state index is -0.463. The third-order valence-electron chi connectivity index (χ3n) is 5.10. The number of benzene rings is 2. The molecule has 0 saturated heterocycles. The Balaban J connectivity index is 1.72. The standard InChI is InChI=1S/C21H20N4O4/c1-14-21(25(27)28)15(2)23(22-14)12-20(26)24-17-10-6-7-11-19(17)29-13-18(24)16-8-4-3-5-9-16/h3-11,18H,12-13H2,1-2H3. The molecule has 0 N–H and O–H groups in total. The summed E-state index contributed by atoms with van der Waals surface area (Å²) in [6.07, 6.45) is 0. The number of aromatic nitrogens is 2. The summed E-state index contributed by atoms with van der Waals surface area (Å²) in [5.41, 5.74) is 2.23. The Labute approximate surface area is 167 Å². The molecule has 2 aromatic carbocycles. The number of rotatable bonds is 4. The molecule has 1 aliphatic heterocycles. The number of hydrogen-bond acceptors (Lipinski definition) is 5. The van der Waals surface area contributed by atoms with Crippen LogP contribution in [0.25, 0.3) is 0 Å². The van der Waals surface area contributed by atoms with Gasteiger partial charge in [0.05, 0.1) is 16.7 Å². The molecule has 1 amide bonds. The van der Waals surface area contributed by atoms with E-state index in [9.17, 15) is 14.9 Å². The molecule has 1 unspecified atom stereocenters. The lowest BCUT2D eigenvalue weighted by atomic mass is 10.0. The van der Waals surface area contributed by atoms with Gasteiger partial charge in [0.1, 0.15) is 30.3 Å². The number of aryl methyl sites for hydroxylation is 1. The zero-order valence-electron chi connectivity index (χ0n) is 16.1. The lowest BCUT2D eigenvalue weighted by molar-refractivity contribution is -0.386. The minimum Gasteiger partial charge on any atom is -0.489 e. The zero-order valence-corrected chi connectivity index (χ0v) is 16.1. The van der Waals surface area contributed by atoms with Gasteiger partial charge in [-0.25, -0.2) is 0 Å². The molecule has 1 aromatic heterocycles. The van der Waals surface area contributed by atoms with Gasteiger partial charge in [0.25, 0.3) is 0 Å². The van der Waals surface area contributed by atoms with Crippen molar-refractivity contribution in [2.24, 2.45) is 0 Å². The van der Waals surface area contributed by atoms with E-state index in [1.54, 1.807) is 18.7 Å². The molecule has 0 fully saturated rings. The smallest absolute Gasteiger partial charge is 0.312 e. The first-order valence-corrected chi connectivity index (χ1v) is 9.24. The van der Waals surface area contributed by atoms with Gasteiger partial charge >= 0.3 is 5.69 Å². The summed E-state index contributed by atoms with van der Waals surface area (Å²) in [6.45, 7) is 3.40. The first kappa shape index (κ1) is 18.7. The molecule has 2 heterocycles. The predicted molar refractivity (Wildman–Crippen MR) is 107 cm³/mol. The van der Waals surface area contributed by atoms with Crippen molar-refractivity contribution in [3.8, 4) is 5.75 Å². The Morgan fingerprint density at radius 2 is 1.86 bits per heavy atom. The summed E-state index contributed by atoms with van der Waals surface area (Å²) in [6, 6.07) is 16.7. The summed E-state index contributed by atoms with van der Waals surface area (Å²) in [7, 11) is 0. The van der Waals surface area contributed by atoms with Crippen LogP contribution >= 0.6 is 0 Å². The number of amides is 1. The number of hydrogen-bond donors (Lipinski definition) is 0. The Morgan fingerprint density at radius 1 is 1.17 bits per heavy atom. The average molecular weight is 392 g/mol. The maximum Gasteiger partial charge on any atom is 0.312 e. The first-order valence-electron chi connectivity index (χ1n) is 9.24. The second-order valence-electron chi connectivity index (χ2n) is 6.90. The van der Waals surface area contributed by atoms with E-state index < -0.39 is 4.92 Å². The highest BCUT2D eigenvalue weighted by Gasteiger charge is 2.34. The van der Waals surface area contributed by atoms with E-state index in [2.05, 4.69) is 5.10 Å². The first-order chi connectivity index (χ1) is 14.0. The largest absolute Gasteiger partial charge is 0.489 e. The maximum atomic E-state index is 13.4. The molecule has 148 valence electrons. The number of nitrogens with zero attached hydrogens (tertiary/aromatic N) is 4. The summed E-state index contributed by atoms with van der Waals surface area (Å²) < 4.78 is 7.29. The van der Waals surface area contributed by atoms with E-state index in [-0.39, 0.29) is 24.2 Å². The fourth-order valence-corrected chi connectivity index (χ4v) is 3.73. The van der Waals surface area contributed by atoms with Gasteiger partial charge in [-0.15, -0.1) is 0 Å². The molecule has 0 spiro atoms. The average Bonchev–Trinajstić information content (AvgIpc) is 3.00. The van der Waals surface area contributed by atoms with Gasteiger partial charge in [-0.05, 0) is 31.5 Å². The molecule has 0 aliphatic carbocycles. The second kappa shape index (κ2) is 7.38. The van der Waals surface area contributed by atoms with E-state index in [0.717, 1.165) is 5.56 Å². The van der Waals surface area contributed by atoms with Crippen molar-refractivity contribution in [3.05, 3.63) is 81.7 Å². The van der Waals surface area contributed by atoms with Gasteiger partial charge in [-0.1, -0.05) is 42.5 Å². The quantitative estimate of drug-likeness (QED) is 0.500. The zero-order chi connectivity index (χ0) is 20.5. The molecule has 29 heavy (non-hydrogen) atoms. The van der Waals surface area contributed by atoms with Crippen LogP contribution in [0.2, 0.25) is 0 Å². The van der Waals surface area contributed by atoms with Crippen LogP contribution in [0.5, 0.6) is 5.75 Å². The van der Waals surface area contributed by atoms with Crippen LogP contribution in [0, 0.1) is 24.0 Å². The summed E-state index contributed by atoms with van der Waals surface area (Å²) >= 11 is 0. The third-order valence-corrected chi connectivity index (χ3v) is 5.10. The molecule has 0 bridgehead atoms. The number of carbonyl (C=O) groups is 1. The van der Waals surface area contributed by atoms with Gasteiger partial charge in [0, 0.05) is 0 Å². The number of para-hydroxylation sites is 2. The van der Waals surface area contributed by atoms with Gasteiger partial charge in [0.2, 0.25) is 5.91 Å². The molecular weight excluding hydrogens is 372 g/mol. The highest BCUT2D eigenvalue weighted by Crippen LogP contribution is 2.39. The molecular formula is C21H20N4O4. The lowest BCUT2D eigenvalue weighted by Crippen LogP contribution is -2.42. The molecule has 0 saturated carbocycles. The van der Waals surface area contributed by atoms with Crippen molar-refractivity contribution in [1.82, 2.24) is 9.78 Å². The Kier molecular flexibility index (Phi) is 4.75. The van der Waals surface area contributed by atoms with E-state index >= 15 is 0 Å². The molecule has 8 nitrogen and oxygen atoms in total. The normalized spacial score (nSPS) is 15.5. The number of ether oxygens (including phenoxy) is 1. The van der Waals surface area contributed by atoms with E-state index in [1.165, 1.54) is 4.68 Å². The topological polar surface area (TPSA) is 90.5 Å². The Morgan fingerprint density at radius 3 is 2.55 bits per heavy atom. The lowest BCUT2D eigenvalue weighted by Gasteiger charge is -2.37. The van der Waals surface area contributed by atoms with Crippen molar-refractivity contribution >= 4 is 17.3 Å². The predicted octanol–water partition coefficient (Wildman–Crippen LogP) is 3.58. The van der Waals surface area contributed by atoms with Crippen LogP contribution < -0.4 is 9.64 Å². The molecule has 4 rings (SSSR count). The molecule has 8 heteroatoms. The van der Waals surface area contributed by atoms with Gasteiger partial charge in [-0.3, -0.25) is 24.5 Å². The molecule has 3 aromatic rings. The number of fused-ring (bicyclic) bond motifs is 1. The molecule has 1 aliphatic rings. The van der Waals surface area contributed by atoms with E-state index in [1.807, 2.05) is 54.6 Å². The SMILES string of the molecule is Cc1nn(CC(=O)N2c3ccccc3OCC2c2ccccc2)c(C)c1[N+](=O)[O-]. The van der Waals surface area contributed by atoms with Crippen LogP contribution in [0.1, 0.15) is 23.0 Å². The van der Waals surface area contributed by atoms with Crippen molar-refractivity contribution in [3.63, 3.8) is 0 Å². The second-order valence-corrected chi connectivity index (χ2v) is 6.90. The monoisotopic (exact) mass is 392 g/mol. The highest BCUT2D eigenvalue weighted by molar-refractivity contribution is 5.96. The highest BCUT2D eigenvalue weighted by atomic mass is 16.6. The Bertz CT molecular complexity index is 1080. The van der Waals surface area contributed by atoms with Gasteiger partial charge in [-0.2, -0.15) is 5.10 Å². The fraction of sp³-hybridized carbons (Fsp3) is 0.238. The third kappa shape index (κ3) is 3.33. The van der Waals surface area contributed by atoms with Crippen LogP contribution in [0.15, 0.2) is 54.6 Å². The number of anilines is 1. The van der Waals surface area contributed by atoms with E-state index in [4.69, 9.17) is 4.74 Å². The van der Waals surface area contributed by atoms with Crippen molar-refractivity contribution in [2.45, 2.75) is 26.4 Å². The van der Waals surface area contributed by atoms with Crippen molar-refractivity contribution < 1.29 is 14.5 Å². The summed E-state index contributed by atoms with van der Waals surface area (Å²) in [5.74, 6) is 0.419. The van der Waals surface area contributed by atoms with Gasteiger partial charge < -0.3 is 4.74 Å². The van der Waals surface area contributed by atoms with Crippen molar-refractivity contribution in [2.75, 3.05) is 11.5 Å². The minimum absolute atomic E-state index is 0.0558. The fourth-order valence-electron chi connectivity index (χ4n) is 3.73. The van der Waals surface area contributed by atoms with Crippen LogP contribution in [-0.2, 0) is 11.3 Å². The molecule has 1 atom stereocenters. The summed E-state index contributed by atoms with van der Waals surface area (Å²) in [5, 5.41) is 15.5. The van der Waals surface area contributed by atoms with Crippen LogP contribution in [-0.4, -0.2) is 27.2 Å². The maximum absolute atomic E-state index is 13.4. The molecule has 0 radical (unpaired) electrons.